The molecule has 0 bridgehead atoms. The summed E-state index contributed by atoms with van der Waals surface area (Å²) in [5.41, 5.74) is 11.0. The second kappa shape index (κ2) is 7.87. The first-order valence-corrected chi connectivity index (χ1v) is 8.95. The first-order valence-electron chi connectivity index (χ1n) is 8.95. The van der Waals surface area contributed by atoms with Crippen LogP contribution in [0, 0.1) is 11.3 Å². The topological polar surface area (TPSA) is 101 Å². The number of nitrogens with two attached hydrogens (primary N) is 1. The molecule has 134 valence electrons. The van der Waals surface area contributed by atoms with Gasteiger partial charge in [0.15, 0.2) is 5.82 Å². The van der Waals surface area contributed by atoms with Gasteiger partial charge in [-0.15, -0.1) is 0 Å². The van der Waals surface area contributed by atoms with Crippen molar-refractivity contribution in [3.63, 3.8) is 0 Å². The lowest BCUT2D eigenvalue weighted by Crippen LogP contribution is -2.03. The average molecular weight is 349 g/mol. The van der Waals surface area contributed by atoms with Gasteiger partial charge in [0.1, 0.15) is 22.8 Å². The van der Waals surface area contributed by atoms with Crippen LogP contribution in [0.25, 0.3) is 11.0 Å². The molecule has 0 aliphatic heterocycles. The van der Waals surface area contributed by atoms with Gasteiger partial charge in [-0.1, -0.05) is 44.5 Å². The highest BCUT2D eigenvalue weighted by molar-refractivity contribution is 5.90. The molecule has 0 saturated heterocycles. The zero-order valence-corrected chi connectivity index (χ0v) is 15.2. The van der Waals surface area contributed by atoms with Gasteiger partial charge in [-0.3, -0.25) is 0 Å². The summed E-state index contributed by atoms with van der Waals surface area (Å²) in [5, 5.41) is 9.51. The van der Waals surface area contributed by atoms with Gasteiger partial charge in [0.25, 0.3) is 0 Å². The number of hydrogen-bond acceptors (Lipinski definition) is 5. The van der Waals surface area contributed by atoms with E-state index in [1.165, 1.54) is 5.56 Å². The molecule has 2 heterocycles. The fraction of sp³-hybridized carbons (Fsp3) is 0.350. The molecule has 0 atom stereocenters. The maximum absolute atomic E-state index is 9.51. The third kappa shape index (κ3) is 3.62. The Morgan fingerprint density at radius 2 is 1.88 bits per heavy atom. The lowest BCUT2D eigenvalue weighted by molar-refractivity contribution is 0.287. The number of anilines is 1. The molecule has 0 saturated carbocycles. The first kappa shape index (κ1) is 17.7. The number of benzene rings is 1. The van der Waals surface area contributed by atoms with Gasteiger partial charge in [0, 0.05) is 12.0 Å². The van der Waals surface area contributed by atoms with Crippen molar-refractivity contribution >= 4 is 16.9 Å². The molecule has 3 aromatic rings. The van der Waals surface area contributed by atoms with Crippen LogP contribution in [0.4, 0.5) is 5.82 Å². The number of nitrogens with zero attached hydrogens (tertiary/aromatic N) is 3. The molecule has 6 heteroatoms. The number of fused-ring (bicyclic) bond motifs is 1. The van der Waals surface area contributed by atoms with E-state index in [1.54, 1.807) is 0 Å². The minimum atomic E-state index is 0.259. The van der Waals surface area contributed by atoms with Crippen LogP contribution in [0.15, 0.2) is 24.3 Å². The van der Waals surface area contributed by atoms with Crippen LogP contribution in [-0.2, 0) is 12.8 Å². The predicted molar refractivity (Wildman–Crippen MR) is 102 cm³/mol. The second-order valence-electron chi connectivity index (χ2n) is 6.25. The van der Waals surface area contributed by atoms with Gasteiger partial charge >= 0.3 is 6.01 Å². The minimum Gasteiger partial charge on any atom is -0.463 e. The highest BCUT2D eigenvalue weighted by Crippen LogP contribution is 2.28. The van der Waals surface area contributed by atoms with Crippen LogP contribution in [0.2, 0.25) is 0 Å². The number of aromatic nitrogens is 3. The number of H-pyrrole nitrogens is 1. The summed E-state index contributed by atoms with van der Waals surface area (Å²) < 4.78 is 5.61. The zero-order valence-electron chi connectivity index (χ0n) is 15.2. The highest BCUT2D eigenvalue weighted by atomic mass is 16.5. The van der Waals surface area contributed by atoms with Crippen molar-refractivity contribution in [1.82, 2.24) is 15.0 Å². The number of aryl methyl sites for hydroxylation is 1. The molecule has 0 aliphatic rings. The smallest absolute Gasteiger partial charge is 0.319 e. The maximum Gasteiger partial charge on any atom is 0.319 e. The Hall–Kier alpha value is -3.07. The van der Waals surface area contributed by atoms with Crippen molar-refractivity contribution in [3.8, 4) is 12.1 Å². The Kier molecular flexibility index (Phi) is 5.37. The van der Waals surface area contributed by atoms with Crippen molar-refractivity contribution < 1.29 is 4.74 Å². The van der Waals surface area contributed by atoms with E-state index >= 15 is 0 Å². The van der Waals surface area contributed by atoms with Gasteiger partial charge in [-0.05, 0) is 24.0 Å². The molecule has 0 aliphatic carbocycles. The maximum atomic E-state index is 9.51. The number of hydrogen-bond donors (Lipinski definition) is 2. The van der Waals surface area contributed by atoms with Crippen LogP contribution in [-0.4, -0.2) is 21.6 Å². The van der Waals surface area contributed by atoms with E-state index in [9.17, 15) is 5.26 Å². The molecule has 6 nitrogen and oxygen atoms in total. The fourth-order valence-corrected chi connectivity index (χ4v) is 2.85. The Morgan fingerprint density at radius 3 is 2.54 bits per heavy atom. The van der Waals surface area contributed by atoms with Crippen LogP contribution < -0.4 is 10.5 Å². The van der Waals surface area contributed by atoms with Crippen molar-refractivity contribution in [2.24, 2.45) is 0 Å². The van der Waals surface area contributed by atoms with Crippen LogP contribution in [0.1, 0.15) is 49.1 Å². The molecule has 0 unspecified atom stereocenters. The molecule has 0 amide bonds. The van der Waals surface area contributed by atoms with Crippen molar-refractivity contribution in [1.29, 1.82) is 5.26 Å². The summed E-state index contributed by atoms with van der Waals surface area (Å²) in [7, 11) is 0. The minimum absolute atomic E-state index is 0.259. The second-order valence-corrected chi connectivity index (χ2v) is 6.25. The van der Waals surface area contributed by atoms with Crippen molar-refractivity contribution in [2.75, 3.05) is 12.3 Å². The van der Waals surface area contributed by atoms with E-state index in [2.05, 4.69) is 59.1 Å². The number of ether oxygens (including phenoxy) is 1. The lowest BCUT2D eigenvalue weighted by Gasteiger charge is -2.06. The van der Waals surface area contributed by atoms with E-state index in [1.807, 2.05) is 0 Å². The number of nitriles is 1. The molecule has 1 aromatic carbocycles. The zero-order chi connectivity index (χ0) is 18.5. The third-order valence-electron chi connectivity index (χ3n) is 4.41. The number of rotatable bonds is 7. The Morgan fingerprint density at radius 1 is 1.15 bits per heavy atom. The monoisotopic (exact) mass is 349 g/mol. The van der Waals surface area contributed by atoms with Gasteiger partial charge in [0.2, 0.25) is 0 Å². The molecular weight excluding hydrogens is 326 g/mol. The normalized spacial score (nSPS) is 10.8. The van der Waals surface area contributed by atoms with Crippen LogP contribution in [0.5, 0.6) is 6.01 Å². The van der Waals surface area contributed by atoms with Crippen LogP contribution >= 0.6 is 0 Å². The van der Waals surface area contributed by atoms with E-state index < -0.39 is 0 Å². The summed E-state index contributed by atoms with van der Waals surface area (Å²) in [4.78, 5) is 11.8. The quantitative estimate of drug-likeness (QED) is 0.633. The van der Waals surface area contributed by atoms with E-state index in [-0.39, 0.29) is 6.01 Å². The Bertz CT molecular complexity index is 937. The van der Waals surface area contributed by atoms with E-state index in [4.69, 9.17) is 10.5 Å². The van der Waals surface area contributed by atoms with Gasteiger partial charge < -0.3 is 15.5 Å². The largest absolute Gasteiger partial charge is 0.463 e. The van der Waals surface area contributed by atoms with E-state index in [0.29, 0.717) is 35.6 Å². The SMILES string of the molecule is CCCCOc1nc(N)c2[nH]c(C#N)c(Cc3ccc(CC)cc3)c2n1. The molecule has 26 heavy (non-hydrogen) atoms. The summed E-state index contributed by atoms with van der Waals surface area (Å²) in [5.74, 6) is 0.297. The first-order chi connectivity index (χ1) is 12.7. The van der Waals surface area contributed by atoms with Crippen LogP contribution in [0.3, 0.4) is 0 Å². The standard InChI is InChI=1S/C20H23N5O/c1-3-5-10-26-20-24-17-15(11-14-8-6-13(4-2)7-9-14)16(12-21)23-18(17)19(22)25-20/h6-9,23H,3-5,10-11H2,1-2H3,(H2,22,24,25). The Labute approximate surface area is 153 Å². The molecule has 0 radical (unpaired) electrons. The molecule has 2 aromatic heterocycles. The third-order valence-corrected chi connectivity index (χ3v) is 4.41. The summed E-state index contributed by atoms with van der Waals surface area (Å²) in [6, 6.07) is 10.9. The Balaban J connectivity index is 1.99. The van der Waals surface area contributed by atoms with Gasteiger partial charge in [-0.25, -0.2) is 0 Å². The van der Waals surface area contributed by atoms with Crippen molar-refractivity contribution in [2.45, 2.75) is 39.5 Å². The van der Waals surface area contributed by atoms with Crippen molar-refractivity contribution in [3.05, 3.63) is 46.6 Å². The molecule has 3 rings (SSSR count). The van der Waals surface area contributed by atoms with E-state index in [0.717, 1.165) is 30.4 Å². The lowest BCUT2D eigenvalue weighted by atomic mass is 10.0. The fourth-order valence-electron chi connectivity index (χ4n) is 2.85. The summed E-state index contributed by atoms with van der Waals surface area (Å²) in [6.07, 6.45) is 3.55. The van der Waals surface area contributed by atoms with Gasteiger partial charge in [-0.2, -0.15) is 15.2 Å². The van der Waals surface area contributed by atoms with Gasteiger partial charge in [0.05, 0.1) is 6.61 Å². The number of nitrogen functional groups attached to an aromatic ring is 1. The molecule has 3 N–H and O–H groups in total. The predicted octanol–water partition coefficient (Wildman–Crippen LogP) is 3.74. The average Bonchev–Trinajstić information content (AvgIpc) is 3.01. The summed E-state index contributed by atoms with van der Waals surface area (Å²) in [6.45, 7) is 4.77. The summed E-state index contributed by atoms with van der Waals surface area (Å²) >= 11 is 0. The molecular formula is C20H23N5O. The number of aromatic amines is 1. The highest BCUT2D eigenvalue weighted by Gasteiger charge is 2.18. The molecule has 0 fully saturated rings. The molecule has 0 spiro atoms. The number of nitrogens with one attached hydrogen (secondary N) is 1. The number of unbranched alkanes of at least 4 members (excludes halogenated alkanes) is 1.